The molecule has 3 N–H and O–H groups in total. The largest absolute Gasteiger partial charge is 0.481 e. The smallest absolute Gasteiger partial charge is 0.316 e. The number of carboxylic acids is 1. The van der Waals surface area contributed by atoms with Gasteiger partial charge < -0.3 is 15.7 Å². The van der Waals surface area contributed by atoms with Gasteiger partial charge in [0.2, 0.25) is 0 Å². The van der Waals surface area contributed by atoms with E-state index in [4.69, 9.17) is 11.5 Å². The molecule has 84 valence electrons. The SMILES string of the molecule is C#CC(C)NC(=O)NC(C)(C)CC(=O)O. The molecule has 0 saturated carbocycles. The van der Waals surface area contributed by atoms with Gasteiger partial charge >= 0.3 is 12.0 Å². The molecule has 1 atom stereocenters. The van der Waals surface area contributed by atoms with Crippen LogP contribution in [0.25, 0.3) is 0 Å². The quantitative estimate of drug-likeness (QED) is 0.596. The summed E-state index contributed by atoms with van der Waals surface area (Å²) in [6.07, 6.45) is 4.93. The Morgan fingerprint density at radius 3 is 2.47 bits per heavy atom. The Morgan fingerprint density at radius 1 is 1.53 bits per heavy atom. The van der Waals surface area contributed by atoms with Gasteiger partial charge in [0.05, 0.1) is 12.5 Å². The highest BCUT2D eigenvalue weighted by atomic mass is 16.4. The Bertz CT molecular complexity index is 292. The van der Waals surface area contributed by atoms with Gasteiger partial charge in [0, 0.05) is 5.54 Å². The number of urea groups is 1. The summed E-state index contributed by atoms with van der Waals surface area (Å²) in [5, 5.41) is 13.6. The van der Waals surface area contributed by atoms with Crippen molar-refractivity contribution < 1.29 is 14.7 Å². The zero-order valence-electron chi connectivity index (χ0n) is 9.13. The average molecular weight is 212 g/mol. The van der Waals surface area contributed by atoms with Crippen LogP contribution in [0.3, 0.4) is 0 Å². The van der Waals surface area contributed by atoms with E-state index in [1.807, 2.05) is 0 Å². The predicted octanol–water partition coefficient (Wildman–Crippen LogP) is 0.561. The van der Waals surface area contributed by atoms with E-state index in [1.165, 1.54) is 0 Å². The fraction of sp³-hybridized carbons (Fsp3) is 0.600. The Labute approximate surface area is 89.2 Å². The summed E-state index contributed by atoms with van der Waals surface area (Å²) in [7, 11) is 0. The molecule has 0 spiro atoms. The van der Waals surface area contributed by atoms with Crippen molar-refractivity contribution in [3.8, 4) is 12.3 Å². The molecule has 0 aliphatic rings. The van der Waals surface area contributed by atoms with Gasteiger partial charge in [0.25, 0.3) is 0 Å². The molecule has 0 aromatic rings. The zero-order valence-corrected chi connectivity index (χ0v) is 9.13. The molecule has 5 heteroatoms. The summed E-state index contributed by atoms with van der Waals surface area (Å²) in [4.78, 5) is 21.8. The van der Waals surface area contributed by atoms with E-state index in [2.05, 4.69) is 16.6 Å². The van der Waals surface area contributed by atoms with Crippen LogP contribution in [0.15, 0.2) is 0 Å². The molecular weight excluding hydrogens is 196 g/mol. The number of rotatable bonds is 4. The van der Waals surface area contributed by atoms with Crippen LogP contribution < -0.4 is 10.6 Å². The molecule has 0 radical (unpaired) electrons. The first-order valence-corrected chi connectivity index (χ1v) is 4.53. The number of carboxylic acid groups (broad SMARTS) is 1. The highest BCUT2D eigenvalue weighted by Crippen LogP contribution is 2.07. The lowest BCUT2D eigenvalue weighted by atomic mass is 10.0. The van der Waals surface area contributed by atoms with Crippen LogP contribution in [0.5, 0.6) is 0 Å². The second-order valence-electron chi connectivity index (χ2n) is 3.94. The Kier molecular flexibility index (Phi) is 4.65. The molecule has 0 aromatic carbocycles. The van der Waals surface area contributed by atoms with Crippen molar-refractivity contribution in [2.75, 3.05) is 0 Å². The first-order chi connectivity index (χ1) is 6.76. The number of carbonyl (C=O) groups is 2. The summed E-state index contributed by atoms with van der Waals surface area (Å²) in [6, 6.07) is -0.850. The molecule has 0 rings (SSSR count). The number of carbonyl (C=O) groups excluding carboxylic acids is 1. The minimum Gasteiger partial charge on any atom is -0.481 e. The average Bonchev–Trinajstić information content (AvgIpc) is 1.99. The summed E-state index contributed by atoms with van der Waals surface area (Å²) >= 11 is 0. The molecule has 0 saturated heterocycles. The molecule has 0 aliphatic heterocycles. The minimum atomic E-state index is -0.967. The maximum atomic E-state index is 11.3. The zero-order chi connectivity index (χ0) is 12.1. The molecule has 0 bridgehead atoms. The third kappa shape index (κ3) is 6.38. The third-order valence-corrected chi connectivity index (χ3v) is 1.64. The molecule has 0 aromatic heterocycles. The number of nitrogens with one attached hydrogen (secondary N) is 2. The maximum absolute atomic E-state index is 11.3. The number of aliphatic carboxylic acids is 1. The number of hydrogen-bond acceptors (Lipinski definition) is 2. The first-order valence-electron chi connectivity index (χ1n) is 4.53. The Balaban J connectivity index is 4.17. The molecule has 2 amide bonds. The van der Waals surface area contributed by atoms with Crippen LogP contribution in [0.4, 0.5) is 4.79 Å². The maximum Gasteiger partial charge on any atom is 0.316 e. The van der Waals surface area contributed by atoms with Crippen molar-refractivity contribution in [2.45, 2.75) is 38.8 Å². The molecule has 0 heterocycles. The highest BCUT2D eigenvalue weighted by Gasteiger charge is 2.23. The van der Waals surface area contributed by atoms with Gasteiger partial charge in [-0.2, -0.15) is 0 Å². The summed E-state index contributed by atoms with van der Waals surface area (Å²) in [5.41, 5.74) is -0.801. The molecule has 1 unspecified atom stereocenters. The Hall–Kier alpha value is -1.70. The topological polar surface area (TPSA) is 78.4 Å². The lowest BCUT2D eigenvalue weighted by Gasteiger charge is -2.24. The van der Waals surface area contributed by atoms with Gasteiger partial charge in [-0.25, -0.2) is 4.79 Å². The highest BCUT2D eigenvalue weighted by molar-refractivity contribution is 5.77. The monoisotopic (exact) mass is 212 g/mol. The fourth-order valence-corrected chi connectivity index (χ4v) is 1.00. The van der Waals surface area contributed by atoms with Gasteiger partial charge in [-0.3, -0.25) is 4.79 Å². The number of terminal acetylenes is 1. The molecular formula is C10H16N2O3. The normalized spacial score (nSPS) is 12.4. The van der Waals surface area contributed by atoms with Crippen molar-refractivity contribution in [1.82, 2.24) is 10.6 Å². The van der Waals surface area contributed by atoms with E-state index in [9.17, 15) is 9.59 Å². The van der Waals surface area contributed by atoms with E-state index >= 15 is 0 Å². The molecule has 0 fully saturated rings. The van der Waals surface area contributed by atoms with Crippen LogP contribution >= 0.6 is 0 Å². The van der Waals surface area contributed by atoms with E-state index in [0.717, 1.165) is 0 Å². The predicted molar refractivity (Wildman–Crippen MR) is 56.3 cm³/mol. The first kappa shape index (κ1) is 13.3. The van der Waals surface area contributed by atoms with Crippen LogP contribution in [-0.4, -0.2) is 28.7 Å². The van der Waals surface area contributed by atoms with Gasteiger partial charge in [0.15, 0.2) is 0 Å². The summed E-state index contributed by atoms with van der Waals surface area (Å²) < 4.78 is 0. The van der Waals surface area contributed by atoms with E-state index < -0.39 is 17.5 Å². The van der Waals surface area contributed by atoms with Gasteiger partial charge in [-0.15, -0.1) is 6.42 Å². The van der Waals surface area contributed by atoms with Crippen molar-refractivity contribution in [3.63, 3.8) is 0 Å². The second-order valence-corrected chi connectivity index (χ2v) is 3.94. The minimum absolute atomic E-state index is 0.148. The van der Waals surface area contributed by atoms with Gasteiger partial charge in [-0.1, -0.05) is 5.92 Å². The second kappa shape index (κ2) is 5.25. The van der Waals surface area contributed by atoms with Crippen LogP contribution in [-0.2, 0) is 4.79 Å². The molecule has 0 aliphatic carbocycles. The van der Waals surface area contributed by atoms with Crippen LogP contribution in [0.2, 0.25) is 0 Å². The van der Waals surface area contributed by atoms with Crippen molar-refractivity contribution >= 4 is 12.0 Å². The van der Waals surface area contributed by atoms with Crippen molar-refractivity contribution in [1.29, 1.82) is 0 Å². The van der Waals surface area contributed by atoms with Crippen LogP contribution in [0, 0.1) is 12.3 Å². The number of amides is 2. The Morgan fingerprint density at radius 2 is 2.07 bits per heavy atom. The summed E-state index contributed by atoms with van der Waals surface area (Å²) in [6.45, 7) is 4.91. The van der Waals surface area contributed by atoms with Crippen molar-refractivity contribution in [3.05, 3.63) is 0 Å². The van der Waals surface area contributed by atoms with E-state index in [1.54, 1.807) is 20.8 Å². The van der Waals surface area contributed by atoms with Gasteiger partial charge in [-0.05, 0) is 20.8 Å². The number of hydrogen-bond donors (Lipinski definition) is 3. The lowest BCUT2D eigenvalue weighted by molar-refractivity contribution is -0.138. The molecule has 15 heavy (non-hydrogen) atoms. The fourth-order valence-electron chi connectivity index (χ4n) is 1.00. The van der Waals surface area contributed by atoms with Gasteiger partial charge in [0.1, 0.15) is 0 Å². The van der Waals surface area contributed by atoms with Crippen molar-refractivity contribution in [2.24, 2.45) is 0 Å². The third-order valence-electron chi connectivity index (χ3n) is 1.64. The van der Waals surface area contributed by atoms with E-state index in [-0.39, 0.29) is 12.5 Å². The molecule has 5 nitrogen and oxygen atoms in total. The van der Waals surface area contributed by atoms with E-state index in [0.29, 0.717) is 0 Å². The summed E-state index contributed by atoms with van der Waals surface area (Å²) in [5.74, 6) is 1.37. The lowest BCUT2D eigenvalue weighted by Crippen LogP contribution is -2.51. The standard InChI is InChI=1S/C10H16N2O3/c1-5-7(2)11-9(15)12-10(3,4)6-8(13)14/h1,7H,6H2,2-4H3,(H,13,14)(H2,11,12,15). The van der Waals surface area contributed by atoms with Crippen LogP contribution in [0.1, 0.15) is 27.2 Å².